The van der Waals surface area contributed by atoms with Crippen LogP contribution in [0.3, 0.4) is 0 Å². The fourth-order valence-electron chi connectivity index (χ4n) is 3.77. The molecule has 0 unspecified atom stereocenters. The van der Waals surface area contributed by atoms with E-state index in [0.717, 1.165) is 12.0 Å². The Hall–Kier alpha value is -2.17. The van der Waals surface area contributed by atoms with Crippen molar-refractivity contribution >= 4 is 22.0 Å². The molecule has 0 radical (unpaired) electrons. The summed E-state index contributed by atoms with van der Waals surface area (Å²) in [6.45, 7) is 6.40. The van der Waals surface area contributed by atoms with Gasteiger partial charge in [-0.1, -0.05) is 30.3 Å². The fourth-order valence-corrected chi connectivity index (χ4v) is 4.94. The van der Waals surface area contributed by atoms with Crippen LogP contribution in [0.1, 0.15) is 52.0 Å². The Balaban J connectivity index is 2.08. The molecule has 0 spiro atoms. The Bertz CT molecular complexity index is 871. The van der Waals surface area contributed by atoms with Gasteiger partial charge in [-0.25, -0.2) is 17.9 Å². The van der Waals surface area contributed by atoms with Crippen molar-refractivity contribution in [3.63, 3.8) is 0 Å². The Morgan fingerprint density at radius 3 is 2.55 bits per heavy atom. The first-order chi connectivity index (χ1) is 15.5. The van der Waals surface area contributed by atoms with Gasteiger partial charge in [0.2, 0.25) is 15.9 Å². The van der Waals surface area contributed by atoms with E-state index in [1.54, 1.807) is 25.7 Å². The van der Waals surface area contributed by atoms with Gasteiger partial charge in [0, 0.05) is 25.6 Å². The van der Waals surface area contributed by atoms with Gasteiger partial charge in [0.05, 0.1) is 5.75 Å². The number of hydrogen-bond acceptors (Lipinski definition) is 6. The summed E-state index contributed by atoms with van der Waals surface area (Å²) in [7, 11) is -3.43. The first kappa shape index (κ1) is 27.1. The Kier molecular flexibility index (Phi) is 10.1. The number of benzene rings is 1. The molecular weight excluding hydrogens is 444 g/mol. The average molecular weight is 483 g/mol. The number of amides is 2. The molecule has 0 saturated carbocycles. The largest absolute Gasteiger partial charge is 0.444 e. The molecule has 4 N–H and O–H groups in total. The van der Waals surface area contributed by atoms with Crippen LogP contribution in [0.2, 0.25) is 0 Å². The maximum atomic E-state index is 13.5. The molecule has 0 bridgehead atoms. The van der Waals surface area contributed by atoms with Gasteiger partial charge in [0.1, 0.15) is 11.6 Å². The number of ether oxygens (including phenoxy) is 1. The zero-order valence-electron chi connectivity index (χ0n) is 19.9. The molecule has 1 heterocycles. The average Bonchev–Trinajstić information content (AvgIpc) is 3.19. The van der Waals surface area contributed by atoms with Gasteiger partial charge in [-0.05, 0) is 58.6 Å². The minimum atomic E-state index is -3.43. The summed E-state index contributed by atoms with van der Waals surface area (Å²) in [4.78, 5) is 27.6. The number of carbonyl (C=O) groups excluding carboxylic acids is 2. The highest BCUT2D eigenvalue weighted by atomic mass is 32.2. The lowest BCUT2D eigenvalue weighted by Crippen LogP contribution is -2.53. The molecule has 1 aromatic carbocycles. The lowest BCUT2D eigenvalue weighted by molar-refractivity contribution is -0.134. The summed E-state index contributed by atoms with van der Waals surface area (Å²) in [5, 5.41) is 2.72. The number of carbonyl (C=O) groups is 2. The normalized spacial score (nSPS) is 17.6. The van der Waals surface area contributed by atoms with E-state index in [1.165, 1.54) is 0 Å². The lowest BCUT2D eigenvalue weighted by Gasteiger charge is -2.30. The second kappa shape index (κ2) is 12.3. The van der Waals surface area contributed by atoms with Crippen LogP contribution >= 0.6 is 0 Å². The maximum Gasteiger partial charge on any atom is 0.408 e. The van der Waals surface area contributed by atoms with E-state index >= 15 is 0 Å². The van der Waals surface area contributed by atoms with E-state index in [0.29, 0.717) is 38.8 Å². The third-order valence-electron chi connectivity index (χ3n) is 5.34. The smallest absolute Gasteiger partial charge is 0.408 e. The zero-order valence-corrected chi connectivity index (χ0v) is 20.7. The zero-order chi connectivity index (χ0) is 24.5. The number of unbranched alkanes of at least 4 members (excludes halogenated alkanes) is 1. The van der Waals surface area contributed by atoms with Crippen LogP contribution in [0, 0.1) is 0 Å². The van der Waals surface area contributed by atoms with Crippen LogP contribution in [-0.4, -0.2) is 68.4 Å². The molecule has 0 aliphatic carbocycles. The molecule has 1 aromatic rings. The number of nitrogens with two attached hydrogens (primary N) is 1. The molecule has 186 valence electrons. The highest BCUT2D eigenvalue weighted by molar-refractivity contribution is 7.89. The Morgan fingerprint density at radius 2 is 1.91 bits per heavy atom. The number of alkyl carbamates (subject to hydrolysis) is 1. The van der Waals surface area contributed by atoms with Crippen LogP contribution < -0.4 is 15.8 Å². The molecule has 1 aliphatic rings. The van der Waals surface area contributed by atoms with Crippen LogP contribution in [0.15, 0.2) is 30.3 Å². The van der Waals surface area contributed by atoms with Crippen molar-refractivity contribution in [2.45, 2.75) is 70.6 Å². The second-order valence-corrected chi connectivity index (χ2v) is 11.3. The van der Waals surface area contributed by atoms with Crippen molar-refractivity contribution in [3.8, 4) is 0 Å². The van der Waals surface area contributed by atoms with Gasteiger partial charge in [-0.3, -0.25) is 4.79 Å². The van der Waals surface area contributed by atoms with Crippen molar-refractivity contribution in [1.82, 2.24) is 14.9 Å². The van der Waals surface area contributed by atoms with E-state index in [4.69, 9.17) is 10.5 Å². The van der Waals surface area contributed by atoms with Crippen molar-refractivity contribution in [2.24, 2.45) is 5.73 Å². The Labute approximate surface area is 197 Å². The predicted octanol–water partition coefficient (Wildman–Crippen LogP) is 1.77. The highest BCUT2D eigenvalue weighted by Gasteiger charge is 2.35. The van der Waals surface area contributed by atoms with Gasteiger partial charge in [-0.2, -0.15) is 0 Å². The summed E-state index contributed by atoms with van der Waals surface area (Å²) in [6, 6.07) is 8.36. The topological polar surface area (TPSA) is 131 Å². The van der Waals surface area contributed by atoms with Gasteiger partial charge >= 0.3 is 6.09 Å². The van der Waals surface area contributed by atoms with Gasteiger partial charge in [-0.15, -0.1) is 0 Å². The number of nitrogens with zero attached hydrogens (tertiary/aromatic N) is 1. The number of hydrogen-bond donors (Lipinski definition) is 3. The lowest BCUT2D eigenvalue weighted by atomic mass is 10.0. The molecule has 1 aliphatic heterocycles. The van der Waals surface area contributed by atoms with Gasteiger partial charge in [0.15, 0.2) is 0 Å². The molecule has 1 fully saturated rings. The van der Waals surface area contributed by atoms with Crippen molar-refractivity contribution in [3.05, 3.63) is 35.9 Å². The molecule has 2 rings (SSSR count). The minimum Gasteiger partial charge on any atom is -0.444 e. The molecule has 33 heavy (non-hydrogen) atoms. The standard InChI is InChI=1S/C23H38N4O5S/c1-23(2,3)32-22(29)26-20(16-18-10-5-4-6-11-18)21(28)27-14-9-12-19(27)17-25-33(30,31)15-8-7-13-24/h4-6,10-11,19-20,25H,7-9,12-17,24H2,1-3H3,(H,26,29)/t19-,20+/m0/s1. The molecule has 10 heteroatoms. The summed E-state index contributed by atoms with van der Waals surface area (Å²) in [5.74, 6) is -0.226. The van der Waals surface area contributed by atoms with Crippen LogP contribution in [0.4, 0.5) is 4.79 Å². The van der Waals surface area contributed by atoms with Crippen molar-refractivity contribution in [2.75, 3.05) is 25.4 Å². The SMILES string of the molecule is CC(C)(C)OC(=O)N[C@H](Cc1ccccc1)C(=O)N1CCC[C@H]1CNS(=O)(=O)CCCCN. The van der Waals surface area contributed by atoms with E-state index in [-0.39, 0.29) is 24.2 Å². The second-order valence-electron chi connectivity index (χ2n) is 9.38. The number of nitrogens with one attached hydrogen (secondary N) is 2. The molecule has 2 amide bonds. The van der Waals surface area contributed by atoms with Crippen molar-refractivity contribution < 1.29 is 22.7 Å². The molecule has 9 nitrogen and oxygen atoms in total. The summed E-state index contributed by atoms with van der Waals surface area (Å²) >= 11 is 0. The molecule has 2 atom stereocenters. The monoisotopic (exact) mass is 482 g/mol. The first-order valence-electron chi connectivity index (χ1n) is 11.5. The molecule has 1 saturated heterocycles. The van der Waals surface area contributed by atoms with Crippen LogP contribution in [0.25, 0.3) is 0 Å². The molecular formula is C23H38N4O5S. The summed E-state index contributed by atoms with van der Waals surface area (Å²) in [5.41, 5.74) is 5.65. The first-order valence-corrected chi connectivity index (χ1v) is 13.2. The third-order valence-corrected chi connectivity index (χ3v) is 6.77. The summed E-state index contributed by atoms with van der Waals surface area (Å²) in [6.07, 6.45) is 2.27. The van der Waals surface area contributed by atoms with Gasteiger partial charge < -0.3 is 20.7 Å². The predicted molar refractivity (Wildman–Crippen MR) is 128 cm³/mol. The quantitative estimate of drug-likeness (QED) is 0.412. The third kappa shape index (κ3) is 9.69. The van der Waals surface area contributed by atoms with Crippen LogP contribution in [-0.2, 0) is 26.0 Å². The van der Waals surface area contributed by atoms with Gasteiger partial charge in [0.25, 0.3) is 0 Å². The number of likely N-dealkylation sites (tertiary alicyclic amines) is 1. The minimum absolute atomic E-state index is 0.0156. The molecule has 0 aromatic heterocycles. The van der Waals surface area contributed by atoms with E-state index in [1.807, 2.05) is 30.3 Å². The number of sulfonamides is 1. The highest BCUT2D eigenvalue weighted by Crippen LogP contribution is 2.20. The maximum absolute atomic E-state index is 13.5. The fraction of sp³-hybridized carbons (Fsp3) is 0.652. The number of rotatable bonds is 11. The Morgan fingerprint density at radius 1 is 1.21 bits per heavy atom. The van der Waals surface area contributed by atoms with Crippen LogP contribution in [0.5, 0.6) is 0 Å². The van der Waals surface area contributed by atoms with E-state index < -0.39 is 27.8 Å². The van der Waals surface area contributed by atoms with E-state index in [2.05, 4.69) is 10.0 Å². The summed E-state index contributed by atoms with van der Waals surface area (Å²) < 4.78 is 32.5. The van der Waals surface area contributed by atoms with Crippen molar-refractivity contribution in [1.29, 1.82) is 0 Å². The van der Waals surface area contributed by atoms with E-state index in [9.17, 15) is 18.0 Å².